The van der Waals surface area contributed by atoms with Gasteiger partial charge in [-0.1, -0.05) is 49.1 Å². The van der Waals surface area contributed by atoms with Crippen LogP contribution in [0.25, 0.3) is 10.9 Å². The van der Waals surface area contributed by atoms with Crippen molar-refractivity contribution in [3.8, 4) is 0 Å². The summed E-state index contributed by atoms with van der Waals surface area (Å²) in [5, 5.41) is 13.6. The number of aryl methyl sites for hydroxylation is 1. The molecule has 0 unspecified atom stereocenters. The molecule has 1 aliphatic rings. The van der Waals surface area contributed by atoms with Crippen LogP contribution in [0.4, 0.5) is 0 Å². The van der Waals surface area contributed by atoms with Crippen molar-refractivity contribution in [2.45, 2.75) is 32.1 Å². The minimum Gasteiger partial charge on any atom is -0.481 e. The summed E-state index contributed by atoms with van der Waals surface area (Å²) in [6.45, 7) is 0.138. The van der Waals surface area contributed by atoms with Gasteiger partial charge in [0.15, 0.2) is 0 Å². The average molecular weight is 349 g/mol. The number of halogens is 1. The van der Waals surface area contributed by atoms with Gasteiger partial charge < -0.3 is 15.0 Å². The molecule has 0 radical (unpaired) electrons. The maximum Gasteiger partial charge on any atom is 0.311 e. The van der Waals surface area contributed by atoms with E-state index in [-0.39, 0.29) is 12.5 Å². The molecule has 3 rings (SSSR count). The standard InChI is InChI=1S/C18H21ClN2O3/c1-21-13-8-4-3-7-12(13)14(19)15(21)16(22)20-11-18(17(23)24)9-5-2-6-10-18/h3-4,7-8H,2,5-6,9-11H2,1H3,(H,20,22)(H,23,24). The fourth-order valence-corrected chi connectivity index (χ4v) is 4.00. The molecule has 1 aliphatic carbocycles. The Hall–Kier alpha value is -2.01. The van der Waals surface area contributed by atoms with Crippen molar-refractivity contribution in [3.05, 3.63) is 35.0 Å². The van der Waals surface area contributed by atoms with Gasteiger partial charge in [0.1, 0.15) is 5.69 Å². The Labute approximate surface area is 145 Å². The number of carbonyl (C=O) groups is 2. The van der Waals surface area contributed by atoms with Crippen LogP contribution in [0.5, 0.6) is 0 Å². The van der Waals surface area contributed by atoms with Crippen LogP contribution in [-0.4, -0.2) is 28.1 Å². The summed E-state index contributed by atoms with van der Waals surface area (Å²) in [6.07, 6.45) is 4.03. The lowest BCUT2D eigenvalue weighted by Gasteiger charge is -2.33. The number of carboxylic acid groups (broad SMARTS) is 1. The van der Waals surface area contributed by atoms with Gasteiger partial charge in [0.25, 0.3) is 5.91 Å². The van der Waals surface area contributed by atoms with Crippen molar-refractivity contribution in [2.75, 3.05) is 6.54 Å². The van der Waals surface area contributed by atoms with E-state index in [1.165, 1.54) is 0 Å². The lowest BCUT2D eigenvalue weighted by molar-refractivity contribution is -0.150. The largest absolute Gasteiger partial charge is 0.481 e. The Morgan fingerprint density at radius 2 is 1.92 bits per heavy atom. The zero-order valence-electron chi connectivity index (χ0n) is 13.6. The molecular formula is C18H21ClN2O3. The molecule has 5 nitrogen and oxygen atoms in total. The topological polar surface area (TPSA) is 71.3 Å². The summed E-state index contributed by atoms with van der Waals surface area (Å²) in [4.78, 5) is 24.4. The zero-order chi connectivity index (χ0) is 17.3. The highest BCUT2D eigenvalue weighted by Gasteiger charge is 2.40. The average Bonchev–Trinajstić information content (AvgIpc) is 2.85. The number of para-hydroxylation sites is 1. The van der Waals surface area contributed by atoms with Crippen molar-refractivity contribution in [1.29, 1.82) is 0 Å². The van der Waals surface area contributed by atoms with Crippen LogP contribution in [0.1, 0.15) is 42.6 Å². The quantitative estimate of drug-likeness (QED) is 0.886. The van der Waals surface area contributed by atoms with Gasteiger partial charge in [-0.25, -0.2) is 0 Å². The van der Waals surface area contributed by atoms with E-state index >= 15 is 0 Å². The number of nitrogens with zero attached hydrogens (tertiary/aromatic N) is 1. The van der Waals surface area contributed by atoms with Crippen molar-refractivity contribution in [1.82, 2.24) is 9.88 Å². The van der Waals surface area contributed by atoms with Crippen LogP contribution in [0, 0.1) is 5.41 Å². The molecule has 1 aromatic carbocycles. The van der Waals surface area contributed by atoms with Crippen LogP contribution >= 0.6 is 11.6 Å². The van der Waals surface area contributed by atoms with Gasteiger partial charge in [-0.05, 0) is 18.9 Å². The summed E-state index contributed by atoms with van der Waals surface area (Å²) < 4.78 is 1.75. The van der Waals surface area contributed by atoms with Crippen LogP contribution in [-0.2, 0) is 11.8 Å². The number of carboxylic acids is 1. The van der Waals surface area contributed by atoms with Gasteiger partial charge in [0, 0.05) is 24.5 Å². The molecule has 0 saturated heterocycles. The summed E-state index contributed by atoms with van der Waals surface area (Å²) in [5.74, 6) is -1.16. The number of nitrogens with one attached hydrogen (secondary N) is 1. The number of rotatable bonds is 4. The maximum atomic E-state index is 12.7. The predicted molar refractivity (Wildman–Crippen MR) is 93.4 cm³/mol. The Morgan fingerprint density at radius 1 is 1.25 bits per heavy atom. The zero-order valence-corrected chi connectivity index (χ0v) is 14.4. The van der Waals surface area contributed by atoms with E-state index in [0.717, 1.165) is 30.2 Å². The van der Waals surface area contributed by atoms with Crippen LogP contribution in [0.15, 0.2) is 24.3 Å². The minimum atomic E-state index is -0.856. The molecule has 24 heavy (non-hydrogen) atoms. The maximum absolute atomic E-state index is 12.7. The molecule has 1 saturated carbocycles. The molecule has 0 bridgehead atoms. The molecule has 0 atom stereocenters. The minimum absolute atomic E-state index is 0.138. The number of hydrogen-bond donors (Lipinski definition) is 2. The first-order chi connectivity index (χ1) is 11.5. The fraction of sp³-hybridized carbons (Fsp3) is 0.444. The lowest BCUT2D eigenvalue weighted by Crippen LogP contribution is -2.44. The van der Waals surface area contributed by atoms with E-state index in [0.29, 0.717) is 23.6 Å². The smallest absolute Gasteiger partial charge is 0.311 e. The van der Waals surface area contributed by atoms with Crippen LogP contribution in [0.2, 0.25) is 5.02 Å². The van der Waals surface area contributed by atoms with Crippen molar-refractivity contribution < 1.29 is 14.7 Å². The molecule has 1 heterocycles. The SMILES string of the molecule is Cn1c(C(=O)NCC2(C(=O)O)CCCCC2)c(Cl)c2ccccc21. The molecule has 1 fully saturated rings. The van der Waals surface area contributed by atoms with E-state index in [4.69, 9.17) is 11.6 Å². The monoisotopic (exact) mass is 348 g/mol. The third kappa shape index (κ3) is 2.77. The first-order valence-electron chi connectivity index (χ1n) is 8.21. The Kier molecular flexibility index (Phi) is 4.54. The molecule has 1 aromatic heterocycles. The molecule has 6 heteroatoms. The van der Waals surface area contributed by atoms with E-state index in [2.05, 4.69) is 5.32 Å². The van der Waals surface area contributed by atoms with Gasteiger partial charge in [0.2, 0.25) is 0 Å². The second kappa shape index (κ2) is 6.48. The molecule has 1 amide bonds. The van der Waals surface area contributed by atoms with Gasteiger partial charge in [-0.2, -0.15) is 0 Å². The van der Waals surface area contributed by atoms with Crippen molar-refractivity contribution in [3.63, 3.8) is 0 Å². The van der Waals surface area contributed by atoms with E-state index in [1.807, 2.05) is 24.3 Å². The molecule has 128 valence electrons. The summed E-state index contributed by atoms with van der Waals surface area (Å²) in [6, 6.07) is 7.53. The predicted octanol–water partition coefficient (Wildman–Crippen LogP) is 3.60. The summed E-state index contributed by atoms with van der Waals surface area (Å²) >= 11 is 6.38. The molecule has 2 N–H and O–H groups in total. The third-order valence-electron chi connectivity index (χ3n) is 5.11. The second-order valence-corrected chi connectivity index (χ2v) is 6.95. The molecule has 0 aliphatic heterocycles. The fourth-order valence-electron chi connectivity index (χ4n) is 3.63. The summed E-state index contributed by atoms with van der Waals surface area (Å²) in [7, 11) is 1.79. The molecule has 2 aromatic rings. The van der Waals surface area contributed by atoms with Gasteiger partial charge in [-0.3, -0.25) is 9.59 Å². The van der Waals surface area contributed by atoms with Gasteiger partial charge in [0.05, 0.1) is 10.4 Å². The number of fused-ring (bicyclic) bond motifs is 1. The van der Waals surface area contributed by atoms with E-state index < -0.39 is 11.4 Å². The van der Waals surface area contributed by atoms with Crippen molar-refractivity contribution in [2.24, 2.45) is 12.5 Å². The Balaban J connectivity index is 1.84. The first-order valence-corrected chi connectivity index (χ1v) is 8.58. The molecular weight excluding hydrogens is 328 g/mol. The number of carbonyl (C=O) groups excluding carboxylic acids is 1. The number of hydrogen-bond acceptors (Lipinski definition) is 2. The number of benzene rings is 1. The normalized spacial score (nSPS) is 16.9. The highest BCUT2D eigenvalue weighted by Crippen LogP contribution is 2.36. The molecule has 0 spiro atoms. The van der Waals surface area contributed by atoms with E-state index in [1.54, 1.807) is 11.6 Å². The van der Waals surface area contributed by atoms with Crippen LogP contribution < -0.4 is 5.32 Å². The first kappa shape index (κ1) is 16.8. The second-order valence-electron chi connectivity index (χ2n) is 6.57. The third-order valence-corrected chi connectivity index (χ3v) is 5.49. The van der Waals surface area contributed by atoms with Gasteiger partial charge >= 0.3 is 5.97 Å². The van der Waals surface area contributed by atoms with Gasteiger partial charge in [-0.15, -0.1) is 0 Å². The highest BCUT2D eigenvalue weighted by molar-refractivity contribution is 6.38. The Bertz CT molecular complexity index is 752. The number of aromatic nitrogens is 1. The lowest BCUT2D eigenvalue weighted by atomic mass is 9.74. The highest BCUT2D eigenvalue weighted by atomic mass is 35.5. The summed E-state index contributed by atoms with van der Waals surface area (Å²) in [5.41, 5.74) is 0.387. The number of amides is 1. The van der Waals surface area contributed by atoms with Crippen LogP contribution in [0.3, 0.4) is 0 Å². The number of aliphatic carboxylic acids is 1. The van der Waals surface area contributed by atoms with E-state index in [9.17, 15) is 14.7 Å². The Morgan fingerprint density at radius 3 is 2.54 bits per heavy atom. The van der Waals surface area contributed by atoms with Crippen molar-refractivity contribution >= 4 is 34.4 Å².